The Morgan fingerprint density at radius 3 is 2.50 bits per heavy atom. The van der Waals surface area contributed by atoms with Crippen molar-refractivity contribution in [1.29, 1.82) is 0 Å². The van der Waals surface area contributed by atoms with E-state index >= 15 is 0 Å². The van der Waals surface area contributed by atoms with Crippen molar-refractivity contribution in [3.63, 3.8) is 0 Å². The van der Waals surface area contributed by atoms with Crippen LogP contribution in [0.25, 0.3) is 0 Å². The van der Waals surface area contributed by atoms with Gasteiger partial charge in [0.2, 0.25) is 5.91 Å². The Bertz CT molecular complexity index is 473. The predicted molar refractivity (Wildman–Crippen MR) is 88.5 cm³/mol. The zero-order valence-electron chi connectivity index (χ0n) is 13.2. The van der Waals surface area contributed by atoms with Gasteiger partial charge >= 0.3 is 0 Å². The van der Waals surface area contributed by atoms with Gasteiger partial charge in [0.15, 0.2) is 0 Å². The second-order valence-electron chi connectivity index (χ2n) is 5.47. The van der Waals surface area contributed by atoms with Crippen LogP contribution in [-0.4, -0.2) is 68.1 Å². The van der Waals surface area contributed by atoms with Gasteiger partial charge in [-0.2, -0.15) is 0 Å². The molecule has 1 aromatic carbocycles. The molecule has 2 rings (SSSR count). The molecule has 1 saturated heterocycles. The molecule has 0 radical (unpaired) electrons. The maximum atomic E-state index is 11.6. The van der Waals surface area contributed by atoms with Gasteiger partial charge in [-0.15, -0.1) is 0 Å². The van der Waals surface area contributed by atoms with E-state index in [1.165, 1.54) is 0 Å². The molecule has 122 valence electrons. The first-order chi connectivity index (χ1) is 10.6. The van der Waals surface area contributed by atoms with Gasteiger partial charge in [0.05, 0.1) is 6.04 Å². The molecular formula is C16H24ClN3O2. The Hall–Kier alpha value is -1.30. The van der Waals surface area contributed by atoms with Crippen molar-refractivity contribution in [3.05, 3.63) is 29.3 Å². The van der Waals surface area contributed by atoms with Gasteiger partial charge in [-0.1, -0.05) is 11.6 Å². The lowest BCUT2D eigenvalue weighted by Crippen LogP contribution is -2.53. The normalized spacial score (nSPS) is 18.0. The van der Waals surface area contributed by atoms with Gasteiger partial charge in [-0.05, 0) is 31.2 Å². The Balaban J connectivity index is 1.67. The Kier molecular flexibility index (Phi) is 6.49. The van der Waals surface area contributed by atoms with Crippen LogP contribution in [0, 0.1) is 0 Å². The molecule has 1 aliphatic rings. The lowest BCUT2D eigenvalue weighted by atomic mass is 10.2. The molecule has 0 aliphatic carbocycles. The summed E-state index contributed by atoms with van der Waals surface area (Å²) in [6.07, 6.45) is 0. The number of hydrogen-bond donors (Lipinski definition) is 1. The minimum atomic E-state index is -0.0579. The van der Waals surface area contributed by atoms with Gasteiger partial charge in [0, 0.05) is 44.8 Å². The molecule has 22 heavy (non-hydrogen) atoms. The van der Waals surface area contributed by atoms with E-state index in [-0.39, 0.29) is 11.9 Å². The van der Waals surface area contributed by atoms with Gasteiger partial charge in [0.1, 0.15) is 12.4 Å². The second-order valence-corrected chi connectivity index (χ2v) is 5.91. The molecule has 0 aromatic heterocycles. The Morgan fingerprint density at radius 2 is 1.91 bits per heavy atom. The van der Waals surface area contributed by atoms with E-state index < -0.39 is 0 Å². The Labute approximate surface area is 137 Å². The molecule has 1 heterocycles. The van der Waals surface area contributed by atoms with E-state index in [9.17, 15) is 4.79 Å². The summed E-state index contributed by atoms with van der Waals surface area (Å²) < 4.78 is 5.72. The predicted octanol–water partition coefficient (Wildman–Crippen LogP) is 1.47. The average Bonchev–Trinajstić information content (AvgIpc) is 2.56. The smallest absolute Gasteiger partial charge is 0.236 e. The fourth-order valence-electron chi connectivity index (χ4n) is 2.57. The number of rotatable bonds is 6. The number of ether oxygens (including phenoxy) is 1. The molecule has 0 bridgehead atoms. The molecule has 1 amide bonds. The molecule has 1 atom stereocenters. The third-order valence-corrected chi connectivity index (χ3v) is 4.32. The van der Waals surface area contributed by atoms with E-state index in [0.717, 1.165) is 38.5 Å². The van der Waals surface area contributed by atoms with Gasteiger partial charge in [-0.3, -0.25) is 14.6 Å². The molecule has 5 nitrogen and oxygen atoms in total. The van der Waals surface area contributed by atoms with Crippen LogP contribution in [0.4, 0.5) is 0 Å². The van der Waals surface area contributed by atoms with Crippen LogP contribution in [0.5, 0.6) is 5.75 Å². The third-order valence-electron chi connectivity index (χ3n) is 4.07. The van der Waals surface area contributed by atoms with Gasteiger partial charge in [0.25, 0.3) is 0 Å². The number of halogens is 1. The van der Waals surface area contributed by atoms with Crippen molar-refractivity contribution >= 4 is 17.5 Å². The molecular weight excluding hydrogens is 302 g/mol. The van der Waals surface area contributed by atoms with Gasteiger partial charge in [-0.25, -0.2) is 0 Å². The summed E-state index contributed by atoms with van der Waals surface area (Å²) in [5.74, 6) is 0.927. The second kappa shape index (κ2) is 8.36. The van der Waals surface area contributed by atoms with Crippen LogP contribution < -0.4 is 10.1 Å². The summed E-state index contributed by atoms with van der Waals surface area (Å²) >= 11 is 5.84. The number of carbonyl (C=O) groups excluding carboxylic acids is 1. The lowest BCUT2D eigenvalue weighted by molar-refractivity contribution is -0.126. The molecule has 1 aliphatic heterocycles. The highest BCUT2D eigenvalue weighted by molar-refractivity contribution is 6.30. The maximum absolute atomic E-state index is 11.6. The van der Waals surface area contributed by atoms with E-state index in [0.29, 0.717) is 11.6 Å². The number of nitrogens with one attached hydrogen (secondary N) is 1. The topological polar surface area (TPSA) is 44.8 Å². The largest absolute Gasteiger partial charge is 0.492 e. The highest BCUT2D eigenvalue weighted by atomic mass is 35.5. The highest BCUT2D eigenvalue weighted by Crippen LogP contribution is 2.15. The van der Waals surface area contributed by atoms with Crippen LogP contribution in [0.2, 0.25) is 5.02 Å². The summed E-state index contributed by atoms with van der Waals surface area (Å²) in [6.45, 7) is 7.26. The minimum absolute atomic E-state index is 0.0579. The number of carbonyl (C=O) groups is 1. The molecule has 1 N–H and O–H groups in total. The fraction of sp³-hybridized carbons (Fsp3) is 0.562. The number of benzene rings is 1. The van der Waals surface area contributed by atoms with Crippen LogP contribution in [0.15, 0.2) is 24.3 Å². The highest BCUT2D eigenvalue weighted by Gasteiger charge is 2.24. The molecule has 6 heteroatoms. The zero-order valence-corrected chi connectivity index (χ0v) is 14.0. The summed E-state index contributed by atoms with van der Waals surface area (Å²) in [5.41, 5.74) is 0. The summed E-state index contributed by atoms with van der Waals surface area (Å²) in [6, 6.07) is 7.36. The van der Waals surface area contributed by atoms with Crippen molar-refractivity contribution < 1.29 is 9.53 Å². The van der Waals surface area contributed by atoms with Crippen LogP contribution in [0.1, 0.15) is 6.92 Å². The van der Waals surface area contributed by atoms with E-state index in [1.807, 2.05) is 31.2 Å². The molecule has 0 spiro atoms. The van der Waals surface area contributed by atoms with E-state index in [2.05, 4.69) is 15.1 Å². The first-order valence-corrected chi connectivity index (χ1v) is 8.04. The summed E-state index contributed by atoms with van der Waals surface area (Å²) in [5, 5.41) is 3.42. The van der Waals surface area contributed by atoms with Crippen molar-refractivity contribution in [3.8, 4) is 5.75 Å². The first kappa shape index (κ1) is 17.1. The van der Waals surface area contributed by atoms with E-state index in [1.54, 1.807) is 7.05 Å². The van der Waals surface area contributed by atoms with Crippen LogP contribution >= 0.6 is 11.6 Å². The average molecular weight is 326 g/mol. The summed E-state index contributed by atoms with van der Waals surface area (Å²) in [7, 11) is 1.68. The van der Waals surface area contributed by atoms with Crippen LogP contribution in [0.3, 0.4) is 0 Å². The number of amides is 1. The lowest BCUT2D eigenvalue weighted by Gasteiger charge is -2.37. The zero-order chi connectivity index (χ0) is 15.9. The molecule has 0 saturated carbocycles. The number of nitrogens with zero attached hydrogens (tertiary/aromatic N) is 2. The molecule has 0 unspecified atom stereocenters. The third kappa shape index (κ3) is 4.87. The minimum Gasteiger partial charge on any atom is -0.492 e. The summed E-state index contributed by atoms with van der Waals surface area (Å²) in [4.78, 5) is 16.2. The molecule has 1 aromatic rings. The number of hydrogen-bond acceptors (Lipinski definition) is 4. The van der Waals surface area contributed by atoms with Crippen molar-refractivity contribution in [2.75, 3.05) is 46.4 Å². The Morgan fingerprint density at radius 1 is 1.27 bits per heavy atom. The fourth-order valence-corrected chi connectivity index (χ4v) is 2.70. The SMILES string of the molecule is CNC(=O)[C@H](C)N1CCN(CCOc2ccc(Cl)cc2)CC1. The number of piperazine rings is 1. The van der Waals surface area contributed by atoms with E-state index in [4.69, 9.17) is 16.3 Å². The first-order valence-electron chi connectivity index (χ1n) is 7.66. The standard InChI is InChI=1S/C16H24ClN3O2/c1-13(16(21)18-2)20-9-7-19(8-10-20)11-12-22-15-5-3-14(17)4-6-15/h3-6,13H,7-12H2,1-2H3,(H,18,21)/t13-/m0/s1. The van der Waals surface area contributed by atoms with Gasteiger partial charge < -0.3 is 10.1 Å². The van der Waals surface area contributed by atoms with Crippen molar-refractivity contribution in [2.24, 2.45) is 0 Å². The molecule has 1 fully saturated rings. The monoisotopic (exact) mass is 325 g/mol. The maximum Gasteiger partial charge on any atom is 0.236 e. The van der Waals surface area contributed by atoms with Crippen LogP contribution in [-0.2, 0) is 4.79 Å². The number of likely N-dealkylation sites (N-methyl/N-ethyl adjacent to an activating group) is 1. The van der Waals surface area contributed by atoms with Crippen molar-refractivity contribution in [1.82, 2.24) is 15.1 Å². The van der Waals surface area contributed by atoms with Crippen molar-refractivity contribution in [2.45, 2.75) is 13.0 Å². The quantitative estimate of drug-likeness (QED) is 0.860.